The lowest BCUT2D eigenvalue weighted by Crippen LogP contribution is -2.24. The molecular weight excluding hydrogens is 441 g/mol. The van der Waals surface area contributed by atoms with E-state index in [0.29, 0.717) is 33.8 Å². The summed E-state index contributed by atoms with van der Waals surface area (Å²) < 4.78 is 13.5. The van der Waals surface area contributed by atoms with Crippen LogP contribution in [0.3, 0.4) is 0 Å². The third-order valence-corrected chi connectivity index (χ3v) is 6.05. The first kappa shape index (κ1) is 21.1. The molecular formula is C26H19ClFN3O2. The number of hydrazone groups is 1. The summed E-state index contributed by atoms with van der Waals surface area (Å²) in [7, 11) is 0. The highest BCUT2D eigenvalue weighted by Gasteiger charge is 2.34. The van der Waals surface area contributed by atoms with Crippen molar-refractivity contribution >= 4 is 34.1 Å². The zero-order chi connectivity index (χ0) is 23.1. The highest BCUT2D eigenvalue weighted by Crippen LogP contribution is 2.37. The summed E-state index contributed by atoms with van der Waals surface area (Å²) in [5, 5.41) is 7.25. The lowest BCUT2D eigenvalue weighted by Gasteiger charge is -2.20. The fraction of sp³-hybridized carbons (Fsp3) is 0.115. The summed E-state index contributed by atoms with van der Waals surface area (Å²) in [6, 6.07) is 20.4. The Bertz CT molecular complexity index is 1460. The van der Waals surface area contributed by atoms with Gasteiger partial charge in [-0.2, -0.15) is 5.10 Å². The summed E-state index contributed by atoms with van der Waals surface area (Å²) in [6.07, 6.45) is 0.320. The molecule has 33 heavy (non-hydrogen) atoms. The Morgan fingerprint density at radius 2 is 1.79 bits per heavy atom. The van der Waals surface area contributed by atoms with Gasteiger partial charge in [0.15, 0.2) is 0 Å². The van der Waals surface area contributed by atoms with Gasteiger partial charge in [0, 0.05) is 34.8 Å². The van der Waals surface area contributed by atoms with E-state index in [1.165, 1.54) is 24.1 Å². The molecule has 1 aliphatic heterocycles. The Balaban J connectivity index is 1.74. The number of halogens is 2. The predicted molar refractivity (Wildman–Crippen MR) is 128 cm³/mol. The quantitative estimate of drug-likeness (QED) is 0.428. The zero-order valence-electron chi connectivity index (χ0n) is 17.7. The van der Waals surface area contributed by atoms with Crippen molar-refractivity contribution < 1.29 is 9.18 Å². The molecule has 0 saturated heterocycles. The van der Waals surface area contributed by atoms with Crippen LogP contribution in [0.15, 0.2) is 82.7 Å². The molecule has 1 aromatic heterocycles. The van der Waals surface area contributed by atoms with Crippen LogP contribution in [0, 0.1) is 5.82 Å². The monoisotopic (exact) mass is 459 g/mol. The van der Waals surface area contributed by atoms with Gasteiger partial charge < -0.3 is 4.98 Å². The summed E-state index contributed by atoms with van der Waals surface area (Å²) in [4.78, 5) is 28.7. The molecule has 0 unspecified atom stereocenters. The van der Waals surface area contributed by atoms with Gasteiger partial charge >= 0.3 is 0 Å². The average molecular weight is 460 g/mol. The minimum atomic E-state index is -0.434. The summed E-state index contributed by atoms with van der Waals surface area (Å²) in [5.41, 5.74) is 3.53. The maximum absolute atomic E-state index is 13.5. The van der Waals surface area contributed by atoms with Crippen LogP contribution in [0.1, 0.15) is 30.5 Å². The molecule has 0 aliphatic carbocycles. The topological polar surface area (TPSA) is 65.5 Å². The van der Waals surface area contributed by atoms with E-state index in [1.54, 1.807) is 24.3 Å². The van der Waals surface area contributed by atoms with Crippen molar-refractivity contribution in [3.05, 3.63) is 105 Å². The van der Waals surface area contributed by atoms with Crippen molar-refractivity contribution in [2.75, 3.05) is 0 Å². The van der Waals surface area contributed by atoms with Crippen LogP contribution in [0.2, 0.25) is 5.02 Å². The van der Waals surface area contributed by atoms with Gasteiger partial charge in [-0.15, -0.1) is 0 Å². The second kappa shape index (κ2) is 8.30. The number of nitrogens with zero attached hydrogens (tertiary/aromatic N) is 2. The minimum Gasteiger partial charge on any atom is -0.321 e. The lowest BCUT2D eigenvalue weighted by molar-refractivity contribution is -0.130. The van der Waals surface area contributed by atoms with E-state index >= 15 is 0 Å². The summed E-state index contributed by atoms with van der Waals surface area (Å²) in [6.45, 7) is 1.42. The molecule has 0 spiro atoms. The second-order valence-corrected chi connectivity index (χ2v) is 8.38. The number of carbonyl (C=O) groups excluding carboxylic acids is 1. The number of pyridine rings is 1. The largest absolute Gasteiger partial charge is 0.321 e. The van der Waals surface area contributed by atoms with Crippen LogP contribution >= 0.6 is 11.6 Å². The molecule has 1 atom stereocenters. The predicted octanol–water partition coefficient (Wildman–Crippen LogP) is 5.69. The van der Waals surface area contributed by atoms with Crippen molar-refractivity contribution in [1.29, 1.82) is 0 Å². The standard InChI is InChI=1S/C26H19ClFN3O2/c1-15(32)31-23(16-7-10-19(28)11-8-16)14-22(30-31)25-24(17-5-3-2-4-6-17)20-13-18(27)9-12-21(20)29-26(25)33/h2-13,23H,14H2,1H3,(H,29,33)/t23-/m1/s1. The molecule has 0 fully saturated rings. The number of fused-ring (bicyclic) bond motifs is 1. The van der Waals surface area contributed by atoms with Crippen LogP contribution in [0.4, 0.5) is 4.39 Å². The van der Waals surface area contributed by atoms with Crippen molar-refractivity contribution in [2.45, 2.75) is 19.4 Å². The van der Waals surface area contributed by atoms with Gasteiger partial charge in [0.2, 0.25) is 5.91 Å². The normalized spacial score (nSPS) is 15.7. The number of hydrogen-bond acceptors (Lipinski definition) is 3. The van der Waals surface area contributed by atoms with Gasteiger partial charge in [0.25, 0.3) is 5.56 Å². The number of nitrogens with one attached hydrogen (secondary N) is 1. The Labute approximate surface area is 194 Å². The Kier molecular flexibility index (Phi) is 5.30. The van der Waals surface area contributed by atoms with Gasteiger partial charge in [0.05, 0.1) is 17.3 Å². The van der Waals surface area contributed by atoms with E-state index in [9.17, 15) is 14.0 Å². The van der Waals surface area contributed by atoms with Crippen LogP contribution in [0.5, 0.6) is 0 Å². The third kappa shape index (κ3) is 3.83. The first-order valence-corrected chi connectivity index (χ1v) is 10.8. The molecule has 5 rings (SSSR count). The van der Waals surface area contributed by atoms with E-state index in [-0.39, 0.29) is 17.3 Å². The number of rotatable bonds is 3. The smallest absolute Gasteiger partial charge is 0.258 e. The van der Waals surface area contributed by atoms with Gasteiger partial charge in [-0.05, 0) is 41.5 Å². The fourth-order valence-electron chi connectivity index (χ4n) is 4.34. The van der Waals surface area contributed by atoms with Crippen molar-refractivity contribution in [1.82, 2.24) is 9.99 Å². The highest BCUT2D eigenvalue weighted by atomic mass is 35.5. The van der Waals surface area contributed by atoms with Crippen LogP contribution in [-0.4, -0.2) is 21.6 Å². The van der Waals surface area contributed by atoms with E-state index in [0.717, 1.165) is 16.5 Å². The molecule has 1 N–H and O–H groups in total. The van der Waals surface area contributed by atoms with Crippen LogP contribution < -0.4 is 5.56 Å². The number of benzene rings is 3. The molecule has 3 aromatic carbocycles. The number of aromatic nitrogens is 1. The molecule has 0 radical (unpaired) electrons. The van der Waals surface area contributed by atoms with Gasteiger partial charge in [-0.3, -0.25) is 9.59 Å². The van der Waals surface area contributed by atoms with Crippen LogP contribution in [0.25, 0.3) is 22.0 Å². The Morgan fingerprint density at radius 1 is 1.06 bits per heavy atom. The zero-order valence-corrected chi connectivity index (χ0v) is 18.4. The molecule has 164 valence electrons. The Hall–Kier alpha value is -3.77. The number of amides is 1. The molecule has 1 amide bonds. The maximum Gasteiger partial charge on any atom is 0.258 e. The molecule has 5 nitrogen and oxygen atoms in total. The Morgan fingerprint density at radius 3 is 2.48 bits per heavy atom. The number of carbonyl (C=O) groups is 1. The molecule has 1 aliphatic rings. The van der Waals surface area contributed by atoms with E-state index < -0.39 is 6.04 Å². The van der Waals surface area contributed by atoms with Gasteiger partial charge in [-0.25, -0.2) is 9.40 Å². The van der Waals surface area contributed by atoms with Crippen LogP contribution in [-0.2, 0) is 4.79 Å². The van der Waals surface area contributed by atoms with Crippen molar-refractivity contribution in [3.63, 3.8) is 0 Å². The van der Waals surface area contributed by atoms with Crippen molar-refractivity contribution in [3.8, 4) is 11.1 Å². The second-order valence-electron chi connectivity index (χ2n) is 7.94. The first-order valence-electron chi connectivity index (χ1n) is 10.5. The molecule has 7 heteroatoms. The van der Waals surface area contributed by atoms with E-state index in [1.807, 2.05) is 36.4 Å². The average Bonchev–Trinajstić information content (AvgIpc) is 3.25. The lowest BCUT2D eigenvalue weighted by atomic mass is 9.91. The number of aromatic amines is 1. The fourth-order valence-corrected chi connectivity index (χ4v) is 4.51. The summed E-state index contributed by atoms with van der Waals surface area (Å²) in [5.74, 6) is -0.623. The molecule has 4 aromatic rings. The highest BCUT2D eigenvalue weighted by molar-refractivity contribution is 6.31. The van der Waals surface area contributed by atoms with E-state index in [2.05, 4.69) is 10.1 Å². The van der Waals surface area contributed by atoms with E-state index in [4.69, 9.17) is 11.6 Å². The molecule has 0 saturated carbocycles. The van der Waals surface area contributed by atoms with Gasteiger partial charge in [0.1, 0.15) is 5.82 Å². The number of hydrogen-bond donors (Lipinski definition) is 1. The molecule has 0 bridgehead atoms. The minimum absolute atomic E-state index is 0.263. The third-order valence-electron chi connectivity index (χ3n) is 5.82. The first-order chi connectivity index (χ1) is 15.9. The SMILES string of the molecule is CC(=O)N1N=C(c2c(-c3ccccc3)c3cc(Cl)ccc3[nH]c2=O)C[C@@H]1c1ccc(F)cc1. The van der Waals surface area contributed by atoms with Gasteiger partial charge in [-0.1, -0.05) is 54.1 Å². The number of H-pyrrole nitrogens is 1. The molecule has 2 heterocycles. The summed E-state index contributed by atoms with van der Waals surface area (Å²) >= 11 is 6.30. The maximum atomic E-state index is 13.5. The van der Waals surface area contributed by atoms with Crippen molar-refractivity contribution in [2.24, 2.45) is 5.10 Å².